The summed E-state index contributed by atoms with van der Waals surface area (Å²) in [5.41, 5.74) is 0. The Morgan fingerprint density at radius 3 is 2.40 bits per heavy atom. The van der Waals surface area contributed by atoms with Gasteiger partial charge in [-0.25, -0.2) is 0 Å². The van der Waals surface area contributed by atoms with Crippen LogP contribution in [0.1, 0.15) is 46.0 Å². The van der Waals surface area contributed by atoms with Crippen molar-refractivity contribution in [3.05, 3.63) is 0 Å². The molecule has 1 heterocycles. The van der Waals surface area contributed by atoms with Gasteiger partial charge in [0, 0.05) is 25.2 Å². The number of rotatable bonds is 4. The first-order valence-corrected chi connectivity index (χ1v) is 6.74. The van der Waals surface area contributed by atoms with Crippen LogP contribution >= 0.6 is 0 Å². The number of hydrogen-bond donors (Lipinski definition) is 1. The van der Waals surface area contributed by atoms with Crippen LogP contribution < -0.4 is 5.32 Å². The van der Waals surface area contributed by atoms with E-state index in [1.807, 2.05) is 0 Å². The van der Waals surface area contributed by atoms with Crippen molar-refractivity contribution in [3.63, 3.8) is 0 Å². The van der Waals surface area contributed by atoms with Gasteiger partial charge in [0.25, 0.3) is 0 Å². The number of hydrogen-bond acceptors (Lipinski definition) is 2. The molecule has 0 radical (unpaired) electrons. The van der Waals surface area contributed by atoms with E-state index in [0.717, 1.165) is 18.0 Å². The van der Waals surface area contributed by atoms with Crippen LogP contribution in [-0.4, -0.2) is 36.6 Å². The van der Waals surface area contributed by atoms with Gasteiger partial charge in [0.1, 0.15) is 0 Å². The molecule has 1 atom stereocenters. The highest BCUT2D eigenvalue weighted by molar-refractivity contribution is 4.87. The van der Waals surface area contributed by atoms with Gasteiger partial charge in [0.15, 0.2) is 0 Å². The molecule has 15 heavy (non-hydrogen) atoms. The molecule has 0 spiro atoms. The predicted molar refractivity (Wildman–Crippen MR) is 65.1 cm³/mol. The molecule has 1 unspecified atom stereocenters. The Labute approximate surface area is 94.4 Å². The zero-order chi connectivity index (χ0) is 10.7. The van der Waals surface area contributed by atoms with Gasteiger partial charge < -0.3 is 5.32 Å². The maximum atomic E-state index is 3.51. The Hall–Kier alpha value is -0.0800. The molecule has 0 bridgehead atoms. The molecule has 2 fully saturated rings. The predicted octanol–water partition coefficient (Wildman–Crippen LogP) is 2.25. The second kappa shape index (κ2) is 5.31. The fraction of sp³-hybridized carbons (Fsp3) is 1.00. The maximum absolute atomic E-state index is 3.51. The molecule has 0 aromatic heterocycles. The van der Waals surface area contributed by atoms with Gasteiger partial charge in [0.2, 0.25) is 0 Å². The summed E-state index contributed by atoms with van der Waals surface area (Å²) in [6.45, 7) is 8.46. The van der Waals surface area contributed by atoms with E-state index < -0.39 is 0 Å². The summed E-state index contributed by atoms with van der Waals surface area (Å²) in [6, 6.07) is 1.73. The third-order valence-electron chi connectivity index (χ3n) is 3.87. The summed E-state index contributed by atoms with van der Waals surface area (Å²) >= 11 is 0. The summed E-state index contributed by atoms with van der Waals surface area (Å²) < 4.78 is 0. The maximum Gasteiger partial charge on any atom is 0.0235 e. The highest BCUT2D eigenvalue weighted by atomic mass is 15.2. The Kier molecular flexibility index (Phi) is 4.04. The van der Waals surface area contributed by atoms with E-state index in [-0.39, 0.29) is 0 Å². The van der Waals surface area contributed by atoms with Crippen LogP contribution in [0.15, 0.2) is 0 Å². The van der Waals surface area contributed by atoms with Crippen LogP contribution in [0.4, 0.5) is 0 Å². The van der Waals surface area contributed by atoms with Gasteiger partial charge in [-0.3, -0.25) is 4.90 Å². The topological polar surface area (TPSA) is 15.3 Å². The van der Waals surface area contributed by atoms with Crippen molar-refractivity contribution < 1.29 is 0 Å². The van der Waals surface area contributed by atoms with Crippen LogP contribution in [0.3, 0.4) is 0 Å². The lowest BCUT2D eigenvalue weighted by Crippen LogP contribution is -2.45. The molecule has 1 saturated carbocycles. The van der Waals surface area contributed by atoms with Crippen LogP contribution in [0.5, 0.6) is 0 Å². The second-order valence-electron chi connectivity index (χ2n) is 5.68. The van der Waals surface area contributed by atoms with E-state index in [1.54, 1.807) is 0 Å². The van der Waals surface area contributed by atoms with Gasteiger partial charge in [-0.1, -0.05) is 26.7 Å². The molecule has 88 valence electrons. The van der Waals surface area contributed by atoms with Crippen molar-refractivity contribution >= 4 is 0 Å². The Bertz CT molecular complexity index is 163. The van der Waals surface area contributed by atoms with Crippen LogP contribution in [0.25, 0.3) is 0 Å². The Balaban J connectivity index is 1.94. The summed E-state index contributed by atoms with van der Waals surface area (Å²) in [7, 11) is 0. The van der Waals surface area contributed by atoms with E-state index in [9.17, 15) is 0 Å². The summed E-state index contributed by atoms with van der Waals surface area (Å²) in [6.07, 6.45) is 7.18. The standard InChI is InChI=1S/C13H26N2/c1-11(2)10-15(12-5-3-4-6-12)13-7-8-14-9-13/h11-14H,3-10H2,1-2H3. The molecule has 0 aromatic rings. The van der Waals surface area contributed by atoms with Crippen LogP contribution in [0.2, 0.25) is 0 Å². The molecule has 1 N–H and O–H groups in total. The van der Waals surface area contributed by atoms with Crippen molar-refractivity contribution in [1.82, 2.24) is 10.2 Å². The highest BCUT2D eigenvalue weighted by Crippen LogP contribution is 2.27. The molecule has 0 aromatic carbocycles. The molecule has 2 nitrogen and oxygen atoms in total. The normalized spacial score (nSPS) is 28.4. The fourth-order valence-corrected chi connectivity index (χ4v) is 3.18. The van der Waals surface area contributed by atoms with E-state index in [0.29, 0.717) is 0 Å². The zero-order valence-corrected chi connectivity index (χ0v) is 10.3. The molecule has 1 aliphatic heterocycles. The summed E-state index contributed by atoms with van der Waals surface area (Å²) in [5, 5.41) is 3.51. The Morgan fingerprint density at radius 2 is 1.87 bits per heavy atom. The third-order valence-corrected chi connectivity index (χ3v) is 3.87. The van der Waals surface area contributed by atoms with E-state index in [2.05, 4.69) is 24.1 Å². The van der Waals surface area contributed by atoms with Gasteiger partial charge >= 0.3 is 0 Å². The lowest BCUT2D eigenvalue weighted by atomic mass is 10.1. The second-order valence-corrected chi connectivity index (χ2v) is 5.68. The molecule has 0 amide bonds. The van der Waals surface area contributed by atoms with Gasteiger partial charge in [-0.15, -0.1) is 0 Å². The van der Waals surface area contributed by atoms with Gasteiger partial charge in [0.05, 0.1) is 0 Å². The highest BCUT2D eigenvalue weighted by Gasteiger charge is 2.30. The van der Waals surface area contributed by atoms with Gasteiger partial charge in [-0.2, -0.15) is 0 Å². The Morgan fingerprint density at radius 1 is 1.13 bits per heavy atom. The van der Waals surface area contributed by atoms with E-state index in [1.165, 1.54) is 51.7 Å². The zero-order valence-electron chi connectivity index (χ0n) is 10.3. The third kappa shape index (κ3) is 2.94. The molecule has 2 aliphatic rings. The van der Waals surface area contributed by atoms with Crippen molar-refractivity contribution in [3.8, 4) is 0 Å². The van der Waals surface area contributed by atoms with Crippen molar-refractivity contribution in [1.29, 1.82) is 0 Å². The molecular weight excluding hydrogens is 184 g/mol. The van der Waals surface area contributed by atoms with Gasteiger partial charge in [-0.05, 0) is 31.7 Å². The summed E-state index contributed by atoms with van der Waals surface area (Å²) in [4.78, 5) is 2.82. The molecule has 1 aliphatic carbocycles. The van der Waals surface area contributed by atoms with Crippen molar-refractivity contribution in [2.24, 2.45) is 5.92 Å². The first-order valence-electron chi connectivity index (χ1n) is 6.74. The first kappa shape index (κ1) is 11.4. The minimum atomic E-state index is 0.811. The average Bonchev–Trinajstić information content (AvgIpc) is 2.87. The molecule has 2 rings (SSSR count). The van der Waals surface area contributed by atoms with E-state index in [4.69, 9.17) is 0 Å². The molecule has 2 heteroatoms. The SMILES string of the molecule is CC(C)CN(C1CCCC1)C1CCNC1. The van der Waals surface area contributed by atoms with Crippen LogP contribution in [0, 0.1) is 5.92 Å². The molecular formula is C13H26N2. The van der Waals surface area contributed by atoms with Crippen molar-refractivity contribution in [2.75, 3.05) is 19.6 Å². The number of nitrogens with one attached hydrogen (secondary N) is 1. The number of nitrogens with zero attached hydrogens (tertiary/aromatic N) is 1. The fourth-order valence-electron chi connectivity index (χ4n) is 3.18. The molecule has 1 saturated heterocycles. The monoisotopic (exact) mass is 210 g/mol. The van der Waals surface area contributed by atoms with Crippen LogP contribution in [-0.2, 0) is 0 Å². The quantitative estimate of drug-likeness (QED) is 0.765. The lowest BCUT2D eigenvalue weighted by molar-refractivity contribution is 0.127. The minimum Gasteiger partial charge on any atom is -0.315 e. The smallest absolute Gasteiger partial charge is 0.0235 e. The summed E-state index contributed by atoms with van der Waals surface area (Å²) in [5.74, 6) is 0.811. The lowest BCUT2D eigenvalue weighted by Gasteiger charge is -2.35. The average molecular weight is 210 g/mol. The largest absolute Gasteiger partial charge is 0.315 e. The van der Waals surface area contributed by atoms with Crippen molar-refractivity contribution in [2.45, 2.75) is 58.0 Å². The minimum absolute atomic E-state index is 0.811. The first-order chi connectivity index (χ1) is 7.27. The van der Waals surface area contributed by atoms with E-state index >= 15 is 0 Å².